The lowest BCUT2D eigenvalue weighted by Crippen LogP contribution is -2.19. The Morgan fingerprint density at radius 3 is 2.56 bits per heavy atom. The number of nitrogens with zero attached hydrogens (tertiary/aromatic N) is 1. The van der Waals surface area contributed by atoms with E-state index in [2.05, 4.69) is 15.8 Å². The summed E-state index contributed by atoms with van der Waals surface area (Å²) in [4.78, 5) is 12.4. The van der Waals surface area contributed by atoms with E-state index in [9.17, 15) is 4.79 Å². The summed E-state index contributed by atoms with van der Waals surface area (Å²) in [5.41, 5.74) is 0.485. The maximum atomic E-state index is 12.4. The molecule has 0 aliphatic rings. The fourth-order valence-electron chi connectivity index (χ4n) is 2.61. The van der Waals surface area contributed by atoms with Gasteiger partial charge in [0.2, 0.25) is 0 Å². The van der Waals surface area contributed by atoms with Crippen molar-refractivity contribution in [2.45, 2.75) is 26.2 Å². The minimum Gasteiger partial charge on any atom is -0.492 e. The van der Waals surface area contributed by atoms with Crippen LogP contribution in [0.3, 0.4) is 0 Å². The van der Waals surface area contributed by atoms with Crippen LogP contribution in [0.5, 0.6) is 5.75 Å². The van der Waals surface area contributed by atoms with Crippen molar-refractivity contribution in [1.29, 1.82) is 0 Å². The highest BCUT2D eigenvalue weighted by atomic mass is 35.5. The third-order valence-electron chi connectivity index (χ3n) is 3.96. The van der Waals surface area contributed by atoms with Crippen molar-refractivity contribution in [2.24, 2.45) is 0 Å². The number of carbonyl (C=O) groups excluding carboxylic acids is 1. The van der Waals surface area contributed by atoms with Gasteiger partial charge in [0.15, 0.2) is 5.82 Å². The number of benzene rings is 2. The van der Waals surface area contributed by atoms with Crippen LogP contribution in [0.2, 0.25) is 0 Å². The van der Waals surface area contributed by atoms with Gasteiger partial charge in [-0.3, -0.25) is 5.32 Å². The van der Waals surface area contributed by atoms with Crippen molar-refractivity contribution in [3.63, 3.8) is 0 Å². The normalized spacial score (nSPS) is 11.4. The predicted molar refractivity (Wildman–Crippen MR) is 108 cm³/mol. The molecule has 0 saturated heterocycles. The van der Waals surface area contributed by atoms with Gasteiger partial charge in [-0.2, -0.15) is 0 Å². The SMILES string of the molecule is CC(C)(C)c1cc(NC(=O)Nc2ccc(OCCCl)c3ccccc23)no1. The third-order valence-corrected chi connectivity index (χ3v) is 4.11. The molecule has 0 aliphatic carbocycles. The first-order chi connectivity index (χ1) is 12.9. The number of hydrogen-bond acceptors (Lipinski definition) is 4. The minimum absolute atomic E-state index is 0.182. The highest BCUT2D eigenvalue weighted by Crippen LogP contribution is 2.32. The number of urea groups is 1. The number of nitrogens with one attached hydrogen (secondary N) is 2. The average molecular weight is 388 g/mol. The average Bonchev–Trinajstić information content (AvgIpc) is 3.10. The summed E-state index contributed by atoms with van der Waals surface area (Å²) in [6, 6.07) is 12.6. The molecule has 2 aromatic carbocycles. The summed E-state index contributed by atoms with van der Waals surface area (Å²) in [6.45, 7) is 6.45. The topological polar surface area (TPSA) is 76.4 Å². The molecule has 0 saturated carbocycles. The van der Waals surface area contributed by atoms with Gasteiger partial charge in [0.25, 0.3) is 0 Å². The molecule has 27 heavy (non-hydrogen) atoms. The smallest absolute Gasteiger partial charge is 0.324 e. The van der Waals surface area contributed by atoms with Crippen LogP contribution >= 0.6 is 11.6 Å². The van der Waals surface area contributed by atoms with Gasteiger partial charge in [-0.15, -0.1) is 11.6 Å². The molecular weight excluding hydrogens is 366 g/mol. The Morgan fingerprint density at radius 2 is 1.89 bits per heavy atom. The van der Waals surface area contributed by atoms with Crippen molar-refractivity contribution in [3.05, 3.63) is 48.2 Å². The van der Waals surface area contributed by atoms with E-state index in [0.29, 0.717) is 29.8 Å². The molecule has 1 heterocycles. The van der Waals surface area contributed by atoms with Crippen molar-refractivity contribution in [1.82, 2.24) is 5.16 Å². The fourth-order valence-corrected chi connectivity index (χ4v) is 2.69. The predicted octanol–water partition coefficient (Wildman–Crippen LogP) is 5.39. The molecule has 6 nitrogen and oxygen atoms in total. The van der Waals surface area contributed by atoms with Gasteiger partial charge < -0.3 is 14.6 Å². The van der Waals surface area contributed by atoms with E-state index in [1.54, 1.807) is 12.1 Å². The van der Waals surface area contributed by atoms with Crippen LogP contribution in [-0.4, -0.2) is 23.7 Å². The fraction of sp³-hybridized carbons (Fsp3) is 0.300. The van der Waals surface area contributed by atoms with E-state index in [-0.39, 0.29) is 5.41 Å². The number of halogens is 1. The van der Waals surface area contributed by atoms with Crippen LogP contribution in [0.15, 0.2) is 47.0 Å². The highest BCUT2D eigenvalue weighted by molar-refractivity contribution is 6.18. The molecule has 2 amide bonds. The van der Waals surface area contributed by atoms with E-state index in [4.69, 9.17) is 20.9 Å². The van der Waals surface area contributed by atoms with Gasteiger partial charge in [0.05, 0.1) is 11.6 Å². The summed E-state index contributed by atoms with van der Waals surface area (Å²) < 4.78 is 11.0. The Kier molecular flexibility index (Phi) is 5.56. The second-order valence-electron chi connectivity index (χ2n) is 7.10. The molecule has 0 atom stereocenters. The first-order valence-corrected chi connectivity index (χ1v) is 9.17. The maximum Gasteiger partial charge on any atom is 0.324 e. The summed E-state index contributed by atoms with van der Waals surface area (Å²) in [5, 5.41) is 11.2. The number of ether oxygens (including phenoxy) is 1. The Morgan fingerprint density at radius 1 is 1.15 bits per heavy atom. The number of rotatable bonds is 5. The molecule has 142 valence electrons. The van der Waals surface area contributed by atoms with Gasteiger partial charge >= 0.3 is 6.03 Å². The lowest BCUT2D eigenvalue weighted by Gasteiger charge is -2.13. The second-order valence-corrected chi connectivity index (χ2v) is 7.48. The van der Waals surface area contributed by atoms with Crippen molar-refractivity contribution < 1.29 is 14.1 Å². The van der Waals surface area contributed by atoms with Crippen LogP contribution in [0.1, 0.15) is 26.5 Å². The first-order valence-electron chi connectivity index (χ1n) is 8.64. The quantitative estimate of drug-likeness (QED) is 0.575. The molecule has 0 aliphatic heterocycles. The zero-order chi connectivity index (χ0) is 19.4. The van der Waals surface area contributed by atoms with E-state index >= 15 is 0 Å². The molecule has 2 N–H and O–H groups in total. The van der Waals surface area contributed by atoms with E-state index in [1.807, 2.05) is 51.1 Å². The number of fused-ring (bicyclic) bond motifs is 1. The highest BCUT2D eigenvalue weighted by Gasteiger charge is 2.20. The molecule has 1 aromatic heterocycles. The summed E-state index contributed by atoms with van der Waals surface area (Å²) >= 11 is 5.71. The van der Waals surface area contributed by atoms with Crippen LogP contribution in [0.25, 0.3) is 10.8 Å². The molecule has 3 aromatic rings. The Bertz CT molecular complexity index is 947. The van der Waals surface area contributed by atoms with Crippen molar-refractivity contribution in [3.8, 4) is 5.75 Å². The van der Waals surface area contributed by atoms with Gasteiger partial charge in [-0.25, -0.2) is 4.79 Å². The monoisotopic (exact) mass is 387 g/mol. The number of anilines is 2. The molecule has 0 radical (unpaired) electrons. The zero-order valence-electron chi connectivity index (χ0n) is 15.5. The number of alkyl halides is 1. The van der Waals surface area contributed by atoms with E-state index in [0.717, 1.165) is 16.5 Å². The zero-order valence-corrected chi connectivity index (χ0v) is 16.3. The number of aromatic nitrogens is 1. The van der Waals surface area contributed by atoms with E-state index < -0.39 is 6.03 Å². The molecule has 3 rings (SSSR count). The largest absolute Gasteiger partial charge is 0.492 e. The van der Waals surface area contributed by atoms with Gasteiger partial charge in [0, 0.05) is 22.3 Å². The molecule has 0 fully saturated rings. The van der Waals surface area contributed by atoms with E-state index in [1.165, 1.54) is 0 Å². The van der Waals surface area contributed by atoms with Crippen LogP contribution in [-0.2, 0) is 5.41 Å². The Balaban J connectivity index is 1.78. The summed E-state index contributed by atoms with van der Waals surface area (Å²) in [7, 11) is 0. The van der Waals surface area contributed by atoms with Gasteiger partial charge in [-0.1, -0.05) is 50.2 Å². The summed E-state index contributed by atoms with van der Waals surface area (Å²) in [5.74, 6) is 2.20. The second kappa shape index (κ2) is 7.88. The third kappa shape index (κ3) is 4.52. The van der Waals surface area contributed by atoms with Gasteiger partial charge in [-0.05, 0) is 12.1 Å². The molecule has 0 unspecified atom stereocenters. The standard InChI is InChI=1S/C20H22ClN3O3/c1-20(2,3)17-12-18(24-27-17)23-19(25)22-15-8-9-16(26-11-10-21)14-7-5-4-6-13(14)15/h4-9,12H,10-11H2,1-3H3,(H2,22,23,24,25). The van der Waals surface area contributed by atoms with Crippen molar-refractivity contribution in [2.75, 3.05) is 23.1 Å². The lowest BCUT2D eigenvalue weighted by molar-refractivity contribution is 0.262. The first kappa shape index (κ1) is 19.0. The maximum absolute atomic E-state index is 12.4. The Labute approximate surface area is 162 Å². The van der Waals surface area contributed by atoms with Crippen molar-refractivity contribution >= 4 is 39.9 Å². The molecule has 0 spiro atoms. The van der Waals surface area contributed by atoms with Crippen LogP contribution in [0.4, 0.5) is 16.3 Å². The molecule has 7 heteroatoms. The van der Waals surface area contributed by atoms with Crippen LogP contribution < -0.4 is 15.4 Å². The van der Waals surface area contributed by atoms with Gasteiger partial charge in [0.1, 0.15) is 18.1 Å². The lowest BCUT2D eigenvalue weighted by atomic mass is 9.93. The molecular formula is C20H22ClN3O3. The number of hydrogen-bond donors (Lipinski definition) is 2. The number of carbonyl (C=O) groups is 1. The minimum atomic E-state index is -0.400. The summed E-state index contributed by atoms with van der Waals surface area (Å²) in [6.07, 6.45) is 0. The van der Waals surface area contributed by atoms with Crippen LogP contribution in [0, 0.1) is 0 Å². The Hall–Kier alpha value is -2.73. The molecule has 0 bridgehead atoms. The number of amides is 2.